The highest BCUT2D eigenvalue weighted by atomic mass is 19.1. The van der Waals surface area contributed by atoms with E-state index in [9.17, 15) is 13.6 Å². The first-order valence-electron chi connectivity index (χ1n) is 6.31. The molecule has 0 amide bonds. The van der Waals surface area contributed by atoms with Gasteiger partial charge in [-0.2, -0.15) is 0 Å². The van der Waals surface area contributed by atoms with Crippen molar-refractivity contribution in [2.75, 3.05) is 5.73 Å². The van der Waals surface area contributed by atoms with Gasteiger partial charge in [0.25, 0.3) is 0 Å². The van der Waals surface area contributed by atoms with Gasteiger partial charge in [-0.05, 0) is 42.7 Å². The van der Waals surface area contributed by atoms with E-state index in [0.29, 0.717) is 12.1 Å². The molecule has 2 N–H and O–H groups in total. The molecule has 0 fully saturated rings. The van der Waals surface area contributed by atoms with Crippen LogP contribution in [0.15, 0.2) is 36.4 Å². The Labute approximate surface area is 116 Å². The predicted octanol–water partition coefficient (Wildman–Crippen LogP) is 3.67. The summed E-state index contributed by atoms with van der Waals surface area (Å²) in [7, 11) is 0. The zero-order valence-corrected chi connectivity index (χ0v) is 11.1. The lowest BCUT2D eigenvalue weighted by Gasteiger charge is -2.07. The Hall–Kier alpha value is -2.23. The minimum Gasteiger partial charge on any atom is -0.399 e. The van der Waals surface area contributed by atoms with Crippen molar-refractivity contribution < 1.29 is 13.6 Å². The van der Waals surface area contributed by atoms with Gasteiger partial charge in [-0.15, -0.1) is 0 Å². The fourth-order valence-electron chi connectivity index (χ4n) is 2.04. The van der Waals surface area contributed by atoms with Crippen LogP contribution < -0.4 is 5.73 Å². The van der Waals surface area contributed by atoms with E-state index in [2.05, 4.69) is 0 Å². The molecule has 0 aliphatic carbocycles. The third-order valence-corrected chi connectivity index (χ3v) is 3.15. The monoisotopic (exact) mass is 275 g/mol. The van der Waals surface area contributed by atoms with E-state index < -0.39 is 23.0 Å². The lowest BCUT2D eigenvalue weighted by molar-refractivity contribution is 0.0974. The average Bonchev–Trinajstić information content (AvgIpc) is 2.41. The van der Waals surface area contributed by atoms with E-state index in [-0.39, 0.29) is 12.0 Å². The fraction of sp³-hybridized carbons (Fsp3) is 0.188. The molecule has 0 heterocycles. The largest absolute Gasteiger partial charge is 0.399 e. The molecular formula is C16H15F2NO. The molecule has 2 aromatic carbocycles. The van der Waals surface area contributed by atoms with Crippen LogP contribution in [0.5, 0.6) is 0 Å². The van der Waals surface area contributed by atoms with E-state index in [0.717, 1.165) is 11.6 Å². The second kappa shape index (κ2) is 5.82. The van der Waals surface area contributed by atoms with Crippen LogP contribution in [0.1, 0.15) is 27.9 Å². The Morgan fingerprint density at radius 1 is 1.20 bits per heavy atom. The van der Waals surface area contributed by atoms with Crippen molar-refractivity contribution in [2.45, 2.75) is 19.8 Å². The van der Waals surface area contributed by atoms with Crippen LogP contribution >= 0.6 is 0 Å². The van der Waals surface area contributed by atoms with Gasteiger partial charge in [-0.25, -0.2) is 8.78 Å². The molecule has 0 bridgehead atoms. The Morgan fingerprint density at radius 3 is 2.65 bits per heavy atom. The zero-order valence-electron chi connectivity index (χ0n) is 11.1. The number of aryl methyl sites for hydroxylation is 2. The molecule has 0 aromatic heterocycles. The first-order chi connectivity index (χ1) is 9.49. The second-order valence-electron chi connectivity index (χ2n) is 4.72. The fourth-order valence-corrected chi connectivity index (χ4v) is 2.04. The highest BCUT2D eigenvalue weighted by molar-refractivity contribution is 5.96. The van der Waals surface area contributed by atoms with E-state index in [1.54, 1.807) is 18.2 Å². The standard InChI is InChI=1S/C16H15F2NO/c1-10-5-7-13(17)15(16(10)18)14(20)8-6-11-3-2-4-12(19)9-11/h2-5,7,9H,6,8,19H2,1H3. The minimum atomic E-state index is -0.814. The number of benzene rings is 2. The van der Waals surface area contributed by atoms with Gasteiger partial charge in [0.2, 0.25) is 0 Å². The van der Waals surface area contributed by atoms with Crippen molar-refractivity contribution in [3.63, 3.8) is 0 Å². The summed E-state index contributed by atoms with van der Waals surface area (Å²) in [6, 6.07) is 9.53. The molecule has 104 valence electrons. The van der Waals surface area contributed by atoms with E-state index in [1.165, 1.54) is 13.0 Å². The lowest BCUT2D eigenvalue weighted by Crippen LogP contribution is -2.08. The SMILES string of the molecule is Cc1ccc(F)c(C(=O)CCc2cccc(N)c2)c1F. The van der Waals surface area contributed by atoms with E-state index >= 15 is 0 Å². The first-order valence-corrected chi connectivity index (χ1v) is 6.31. The van der Waals surface area contributed by atoms with Crippen molar-refractivity contribution in [2.24, 2.45) is 0 Å². The molecule has 0 spiro atoms. The molecule has 2 aromatic rings. The second-order valence-corrected chi connectivity index (χ2v) is 4.72. The third-order valence-electron chi connectivity index (χ3n) is 3.15. The summed E-state index contributed by atoms with van der Waals surface area (Å²) in [4.78, 5) is 12.0. The molecule has 0 aliphatic rings. The van der Waals surface area contributed by atoms with Crippen molar-refractivity contribution in [3.8, 4) is 0 Å². The van der Waals surface area contributed by atoms with Gasteiger partial charge in [-0.3, -0.25) is 4.79 Å². The number of nitrogen functional groups attached to an aromatic ring is 1. The zero-order chi connectivity index (χ0) is 14.7. The van der Waals surface area contributed by atoms with Crippen molar-refractivity contribution >= 4 is 11.5 Å². The maximum Gasteiger partial charge on any atom is 0.169 e. The van der Waals surface area contributed by atoms with Gasteiger partial charge in [0.1, 0.15) is 11.6 Å². The van der Waals surface area contributed by atoms with E-state index in [1.807, 2.05) is 6.07 Å². The summed E-state index contributed by atoms with van der Waals surface area (Å²) in [5.41, 5.74) is 6.92. The van der Waals surface area contributed by atoms with Gasteiger partial charge < -0.3 is 5.73 Å². The van der Waals surface area contributed by atoms with Gasteiger partial charge >= 0.3 is 0 Å². The van der Waals surface area contributed by atoms with E-state index in [4.69, 9.17) is 5.73 Å². The molecule has 0 aliphatic heterocycles. The summed E-state index contributed by atoms with van der Waals surface area (Å²) in [5, 5.41) is 0. The number of Topliss-reactive ketones (excluding diaryl/α,β-unsaturated/α-hetero) is 1. The molecule has 2 rings (SSSR count). The molecule has 0 radical (unpaired) electrons. The number of hydrogen-bond donors (Lipinski definition) is 1. The molecule has 4 heteroatoms. The lowest BCUT2D eigenvalue weighted by atomic mass is 10.00. The van der Waals surface area contributed by atoms with Crippen molar-refractivity contribution in [3.05, 3.63) is 64.7 Å². The number of anilines is 1. The number of hydrogen-bond acceptors (Lipinski definition) is 2. The quantitative estimate of drug-likeness (QED) is 0.683. The Bertz CT molecular complexity index is 653. The van der Waals surface area contributed by atoms with Gasteiger partial charge in [0.15, 0.2) is 5.78 Å². The number of carbonyl (C=O) groups is 1. The molecule has 0 atom stereocenters. The molecule has 20 heavy (non-hydrogen) atoms. The molecule has 2 nitrogen and oxygen atoms in total. The number of carbonyl (C=O) groups excluding carboxylic acids is 1. The Kier molecular flexibility index (Phi) is 4.13. The van der Waals surface area contributed by atoms with Crippen LogP contribution in [-0.2, 0) is 6.42 Å². The molecule has 0 unspecified atom stereocenters. The maximum absolute atomic E-state index is 13.8. The van der Waals surface area contributed by atoms with Gasteiger partial charge in [0, 0.05) is 12.1 Å². The number of rotatable bonds is 4. The van der Waals surface area contributed by atoms with Crippen LogP contribution in [0.25, 0.3) is 0 Å². The highest BCUT2D eigenvalue weighted by Crippen LogP contribution is 2.19. The topological polar surface area (TPSA) is 43.1 Å². The summed E-state index contributed by atoms with van der Waals surface area (Å²) < 4.78 is 27.4. The van der Waals surface area contributed by atoms with Crippen LogP contribution in [0, 0.1) is 18.6 Å². The molecular weight excluding hydrogens is 260 g/mol. The molecule has 0 saturated carbocycles. The number of nitrogens with two attached hydrogens (primary N) is 1. The van der Waals surface area contributed by atoms with Gasteiger partial charge in [0.05, 0.1) is 5.56 Å². The summed E-state index contributed by atoms with van der Waals surface area (Å²) in [6.45, 7) is 1.50. The average molecular weight is 275 g/mol. The van der Waals surface area contributed by atoms with Gasteiger partial charge in [-0.1, -0.05) is 18.2 Å². The Morgan fingerprint density at radius 2 is 1.95 bits per heavy atom. The maximum atomic E-state index is 13.8. The van der Waals surface area contributed by atoms with Crippen LogP contribution in [-0.4, -0.2) is 5.78 Å². The van der Waals surface area contributed by atoms with Crippen molar-refractivity contribution in [1.82, 2.24) is 0 Å². The number of halogens is 2. The van der Waals surface area contributed by atoms with Crippen LogP contribution in [0.2, 0.25) is 0 Å². The van der Waals surface area contributed by atoms with Crippen molar-refractivity contribution in [1.29, 1.82) is 0 Å². The first kappa shape index (κ1) is 14.2. The minimum absolute atomic E-state index is 0.0424. The number of ketones is 1. The Balaban J connectivity index is 2.15. The highest BCUT2D eigenvalue weighted by Gasteiger charge is 2.18. The predicted molar refractivity (Wildman–Crippen MR) is 74.6 cm³/mol. The normalized spacial score (nSPS) is 10.6. The van der Waals surface area contributed by atoms with Crippen LogP contribution in [0.4, 0.5) is 14.5 Å². The third kappa shape index (κ3) is 3.02. The summed E-state index contributed by atoms with van der Waals surface area (Å²) >= 11 is 0. The smallest absolute Gasteiger partial charge is 0.169 e. The summed E-state index contributed by atoms with van der Waals surface area (Å²) in [6.07, 6.45) is 0.442. The van der Waals surface area contributed by atoms with Crippen LogP contribution in [0.3, 0.4) is 0 Å². The molecule has 0 saturated heterocycles. The summed E-state index contributed by atoms with van der Waals surface area (Å²) in [5.74, 6) is -2.13.